The van der Waals surface area contributed by atoms with E-state index in [0.29, 0.717) is 28.8 Å². The van der Waals surface area contributed by atoms with Crippen molar-refractivity contribution in [2.75, 3.05) is 11.9 Å². The van der Waals surface area contributed by atoms with Gasteiger partial charge in [0.05, 0.1) is 23.3 Å². The molecule has 0 radical (unpaired) electrons. The highest BCUT2D eigenvalue weighted by atomic mass is 16.5. The van der Waals surface area contributed by atoms with E-state index in [1.807, 2.05) is 66.9 Å². The Morgan fingerprint density at radius 3 is 2.41 bits per heavy atom. The van der Waals surface area contributed by atoms with Crippen LogP contribution in [0.5, 0.6) is 11.5 Å². The van der Waals surface area contributed by atoms with Crippen molar-refractivity contribution in [2.45, 2.75) is 32.9 Å². The lowest BCUT2D eigenvalue weighted by molar-refractivity contribution is -0.116. The maximum Gasteiger partial charge on any atom is 0.244 e. The number of rotatable bonds is 5. The summed E-state index contributed by atoms with van der Waals surface area (Å²) in [4.78, 5) is 26.1. The summed E-state index contributed by atoms with van der Waals surface area (Å²) in [6.07, 6.45) is 0.920. The van der Waals surface area contributed by atoms with Crippen LogP contribution in [0, 0.1) is 0 Å². The van der Waals surface area contributed by atoms with Crippen LogP contribution in [0.1, 0.15) is 19.4 Å². The highest BCUT2D eigenvalue weighted by molar-refractivity contribution is 5.98. The van der Waals surface area contributed by atoms with E-state index in [2.05, 4.69) is 5.32 Å². The molecule has 0 spiro atoms. The van der Waals surface area contributed by atoms with Crippen LogP contribution in [0.4, 0.5) is 5.69 Å². The van der Waals surface area contributed by atoms with Gasteiger partial charge in [0.1, 0.15) is 24.1 Å². The molecule has 162 valence electrons. The molecule has 0 bridgehead atoms. The summed E-state index contributed by atoms with van der Waals surface area (Å²) >= 11 is 0. The molecule has 32 heavy (non-hydrogen) atoms. The standard InChI is InChI=1S/C26H24N2O4/c1-3-31-24-13-17-12-16(2)32-23(17)14-20(24)27-25(29)15-28-21-10-6-4-8-18(21)26(30)19-9-5-7-11-22(19)28/h4-11,13-14,16H,3,12,15H2,1-2H3,(H,27,29)/t16-/m1/s1. The quantitative estimate of drug-likeness (QED) is 0.475. The van der Waals surface area contributed by atoms with E-state index >= 15 is 0 Å². The summed E-state index contributed by atoms with van der Waals surface area (Å²) in [5, 5.41) is 4.17. The van der Waals surface area contributed by atoms with Crippen molar-refractivity contribution in [1.82, 2.24) is 4.57 Å². The van der Waals surface area contributed by atoms with Gasteiger partial charge in [-0.2, -0.15) is 0 Å². The molecule has 4 aromatic rings. The van der Waals surface area contributed by atoms with E-state index < -0.39 is 0 Å². The normalized spacial score (nSPS) is 14.9. The van der Waals surface area contributed by atoms with Gasteiger partial charge >= 0.3 is 0 Å². The molecule has 1 aliphatic rings. The molecule has 1 aliphatic heterocycles. The fourth-order valence-electron chi connectivity index (χ4n) is 4.39. The molecule has 1 aromatic heterocycles. The van der Waals surface area contributed by atoms with Crippen LogP contribution in [0.25, 0.3) is 21.8 Å². The zero-order valence-corrected chi connectivity index (χ0v) is 18.1. The van der Waals surface area contributed by atoms with E-state index in [-0.39, 0.29) is 24.0 Å². The molecular formula is C26H24N2O4. The summed E-state index contributed by atoms with van der Waals surface area (Å²) in [5.74, 6) is 1.19. The lowest BCUT2D eigenvalue weighted by Crippen LogP contribution is -2.22. The molecule has 6 nitrogen and oxygen atoms in total. The fourth-order valence-corrected chi connectivity index (χ4v) is 4.39. The number of hydrogen-bond donors (Lipinski definition) is 1. The lowest BCUT2D eigenvalue weighted by Gasteiger charge is -2.17. The summed E-state index contributed by atoms with van der Waals surface area (Å²) in [6, 6.07) is 18.5. The summed E-state index contributed by atoms with van der Waals surface area (Å²) < 4.78 is 13.5. The number of amides is 1. The minimum Gasteiger partial charge on any atom is -0.492 e. The van der Waals surface area contributed by atoms with Crippen molar-refractivity contribution in [3.8, 4) is 11.5 Å². The zero-order valence-electron chi connectivity index (χ0n) is 18.1. The Morgan fingerprint density at radius 2 is 1.75 bits per heavy atom. The number of ether oxygens (including phenoxy) is 2. The zero-order chi connectivity index (χ0) is 22.2. The predicted octanol–water partition coefficient (Wildman–Crippen LogP) is 4.52. The Morgan fingerprint density at radius 1 is 1.09 bits per heavy atom. The van der Waals surface area contributed by atoms with E-state index in [4.69, 9.17) is 9.47 Å². The van der Waals surface area contributed by atoms with Gasteiger partial charge in [0.25, 0.3) is 0 Å². The summed E-state index contributed by atoms with van der Waals surface area (Å²) in [7, 11) is 0. The van der Waals surface area contributed by atoms with E-state index in [9.17, 15) is 9.59 Å². The van der Waals surface area contributed by atoms with Gasteiger partial charge in [0, 0.05) is 28.8 Å². The predicted molar refractivity (Wildman–Crippen MR) is 126 cm³/mol. The highest BCUT2D eigenvalue weighted by Crippen LogP contribution is 2.38. The Hall–Kier alpha value is -3.80. The smallest absolute Gasteiger partial charge is 0.244 e. The summed E-state index contributed by atoms with van der Waals surface area (Å²) in [6.45, 7) is 4.48. The van der Waals surface area contributed by atoms with Gasteiger partial charge in [-0.05, 0) is 44.2 Å². The molecule has 2 heterocycles. The molecule has 0 fully saturated rings. The second-order valence-electron chi connectivity index (χ2n) is 8.02. The van der Waals surface area contributed by atoms with Gasteiger partial charge < -0.3 is 19.4 Å². The number of carbonyl (C=O) groups excluding carboxylic acids is 1. The number of pyridine rings is 1. The van der Waals surface area contributed by atoms with E-state index in [0.717, 1.165) is 28.8 Å². The molecule has 5 rings (SSSR count). The second-order valence-corrected chi connectivity index (χ2v) is 8.02. The van der Waals surface area contributed by atoms with Crippen LogP contribution < -0.4 is 20.2 Å². The number of carbonyl (C=O) groups is 1. The minimum atomic E-state index is -0.212. The Kier molecular flexibility index (Phi) is 5.05. The molecule has 1 N–H and O–H groups in total. The van der Waals surface area contributed by atoms with Crippen molar-refractivity contribution in [1.29, 1.82) is 0 Å². The Balaban J connectivity index is 1.53. The topological polar surface area (TPSA) is 69.6 Å². The minimum absolute atomic E-state index is 0.0311. The molecule has 1 atom stereocenters. The largest absolute Gasteiger partial charge is 0.492 e. The first-order valence-corrected chi connectivity index (χ1v) is 10.8. The molecular weight excluding hydrogens is 404 g/mol. The van der Waals surface area contributed by atoms with Gasteiger partial charge in [-0.3, -0.25) is 9.59 Å². The molecule has 6 heteroatoms. The van der Waals surface area contributed by atoms with E-state index in [1.54, 1.807) is 12.1 Å². The number of nitrogens with one attached hydrogen (secondary N) is 1. The number of para-hydroxylation sites is 2. The number of nitrogens with zero attached hydrogens (tertiary/aromatic N) is 1. The van der Waals surface area contributed by atoms with E-state index in [1.165, 1.54) is 0 Å². The number of fused-ring (bicyclic) bond motifs is 3. The van der Waals surface area contributed by atoms with Crippen LogP contribution in [-0.4, -0.2) is 23.2 Å². The number of anilines is 1. The Labute approximate surface area is 185 Å². The van der Waals surface area contributed by atoms with Crippen molar-refractivity contribution in [3.63, 3.8) is 0 Å². The molecule has 3 aromatic carbocycles. The lowest BCUT2D eigenvalue weighted by atomic mass is 10.1. The van der Waals surface area contributed by atoms with Crippen LogP contribution in [0.15, 0.2) is 65.5 Å². The highest BCUT2D eigenvalue weighted by Gasteiger charge is 2.23. The van der Waals surface area contributed by atoms with Crippen LogP contribution in [0.3, 0.4) is 0 Å². The summed E-state index contributed by atoms with van der Waals surface area (Å²) in [5.41, 5.74) is 3.08. The number of hydrogen-bond acceptors (Lipinski definition) is 4. The average molecular weight is 428 g/mol. The first kappa shape index (κ1) is 20.1. The van der Waals surface area contributed by atoms with Crippen molar-refractivity contribution < 1.29 is 14.3 Å². The van der Waals surface area contributed by atoms with Crippen LogP contribution in [0.2, 0.25) is 0 Å². The monoisotopic (exact) mass is 428 g/mol. The third-order valence-corrected chi connectivity index (χ3v) is 5.75. The van der Waals surface area contributed by atoms with Crippen LogP contribution in [-0.2, 0) is 17.8 Å². The average Bonchev–Trinajstić information content (AvgIpc) is 3.16. The maximum atomic E-state index is 13.2. The van der Waals surface area contributed by atoms with Crippen LogP contribution >= 0.6 is 0 Å². The van der Waals surface area contributed by atoms with Crippen molar-refractivity contribution in [2.24, 2.45) is 0 Å². The number of aromatic nitrogens is 1. The molecule has 0 saturated carbocycles. The first-order valence-electron chi connectivity index (χ1n) is 10.8. The third kappa shape index (κ3) is 3.47. The van der Waals surface area contributed by atoms with Gasteiger partial charge in [0.2, 0.25) is 5.91 Å². The van der Waals surface area contributed by atoms with Gasteiger partial charge in [-0.25, -0.2) is 0 Å². The molecule has 0 saturated heterocycles. The Bertz CT molecular complexity index is 1350. The third-order valence-electron chi connectivity index (χ3n) is 5.75. The SMILES string of the molecule is CCOc1cc2c(cc1NC(=O)Cn1c3ccccc3c(=O)c3ccccc31)O[C@H](C)C2. The van der Waals surface area contributed by atoms with Crippen molar-refractivity contribution in [3.05, 3.63) is 76.5 Å². The molecule has 1 amide bonds. The second kappa shape index (κ2) is 8.04. The van der Waals surface area contributed by atoms with Gasteiger partial charge in [-0.1, -0.05) is 24.3 Å². The first-order chi connectivity index (χ1) is 15.5. The van der Waals surface area contributed by atoms with Gasteiger partial charge in [0.15, 0.2) is 5.43 Å². The van der Waals surface area contributed by atoms with Crippen molar-refractivity contribution >= 4 is 33.4 Å². The van der Waals surface area contributed by atoms with Gasteiger partial charge in [-0.15, -0.1) is 0 Å². The number of benzene rings is 3. The fraction of sp³-hybridized carbons (Fsp3) is 0.231. The maximum absolute atomic E-state index is 13.2. The molecule has 0 aliphatic carbocycles. The molecule has 0 unspecified atom stereocenters.